The molecule has 0 aliphatic heterocycles. The number of urea groups is 1. The molecule has 26 heavy (non-hydrogen) atoms. The minimum atomic E-state index is -0.755. The Morgan fingerprint density at radius 2 is 1.31 bits per heavy atom. The maximum Gasteiger partial charge on any atom is 0.323 e. The maximum absolute atomic E-state index is 12.3. The number of carbonyl (C=O) groups excluding carboxylic acids is 3. The number of isocyanates is 2. The first-order valence-corrected chi connectivity index (χ1v) is 8.74. The molecule has 0 atom stereocenters. The normalized spacial score (nSPS) is 9.85. The molecule has 0 radical (unpaired) electrons. The van der Waals surface area contributed by atoms with E-state index in [1.54, 1.807) is 38.1 Å². The molecule has 0 heterocycles. The van der Waals surface area contributed by atoms with E-state index < -0.39 is 6.03 Å². The lowest BCUT2D eigenvalue weighted by Crippen LogP contribution is -2.32. The molecule has 0 spiro atoms. The summed E-state index contributed by atoms with van der Waals surface area (Å²) in [4.78, 5) is 42.2. The van der Waals surface area contributed by atoms with Crippen LogP contribution in [0.15, 0.2) is 43.2 Å². The van der Waals surface area contributed by atoms with Crippen molar-refractivity contribution in [2.75, 3.05) is 4.90 Å². The summed E-state index contributed by atoms with van der Waals surface area (Å²) in [7, 11) is 0. The number of nitrogens with two attached hydrogens (primary N) is 1. The third-order valence-electron chi connectivity index (χ3n) is 3.67. The lowest BCUT2D eigenvalue weighted by molar-refractivity contribution is 0.256. The van der Waals surface area contributed by atoms with Gasteiger partial charge < -0.3 is 5.73 Å². The molecule has 7 nitrogen and oxygen atoms in total. The number of carbonyl (C=O) groups is 1. The second-order valence-electron chi connectivity index (χ2n) is 5.22. The van der Waals surface area contributed by atoms with Crippen LogP contribution in [0.1, 0.15) is 11.1 Å². The average Bonchev–Trinajstić information content (AvgIpc) is 2.56. The number of rotatable bonds is 4. The molecule has 2 aromatic rings. The van der Waals surface area contributed by atoms with Gasteiger partial charge in [0.25, 0.3) is 0 Å². The highest BCUT2D eigenvalue weighted by Crippen LogP contribution is 2.40. The van der Waals surface area contributed by atoms with E-state index in [0.717, 1.165) is 0 Å². The minimum Gasteiger partial charge on any atom is -0.351 e. The zero-order chi connectivity index (χ0) is 19.4. The lowest BCUT2D eigenvalue weighted by Gasteiger charge is -2.25. The Labute approximate surface area is 165 Å². The van der Waals surface area contributed by atoms with E-state index in [0.29, 0.717) is 42.8 Å². The van der Waals surface area contributed by atoms with Crippen molar-refractivity contribution >= 4 is 72.8 Å². The SMILES string of the molecule is Cc1c(N=C=O)cc(Br)cc1N(C(N)=O)c1cc(Br)cc(N=C=O)c1C. The van der Waals surface area contributed by atoms with Crippen LogP contribution in [-0.4, -0.2) is 18.2 Å². The molecule has 2 N–H and O–H groups in total. The van der Waals surface area contributed by atoms with Crippen LogP contribution in [0.5, 0.6) is 0 Å². The molecule has 0 aliphatic carbocycles. The molecule has 0 bridgehead atoms. The van der Waals surface area contributed by atoms with Gasteiger partial charge in [0.15, 0.2) is 0 Å². The summed E-state index contributed by atoms with van der Waals surface area (Å²) in [6.07, 6.45) is 2.98. The molecule has 0 unspecified atom stereocenters. The molecule has 132 valence electrons. The van der Waals surface area contributed by atoms with Gasteiger partial charge in [-0.15, -0.1) is 0 Å². The molecular formula is C17H12Br2N4O3. The van der Waals surface area contributed by atoms with Crippen LogP contribution >= 0.6 is 31.9 Å². The maximum atomic E-state index is 12.3. The van der Waals surface area contributed by atoms with Gasteiger partial charge in [-0.25, -0.2) is 14.4 Å². The average molecular weight is 480 g/mol. The summed E-state index contributed by atoms with van der Waals surface area (Å²) < 4.78 is 1.19. The van der Waals surface area contributed by atoms with Gasteiger partial charge in [-0.2, -0.15) is 9.98 Å². The second kappa shape index (κ2) is 8.21. The molecule has 0 saturated carbocycles. The number of benzene rings is 2. The topological polar surface area (TPSA) is 105 Å². The van der Waals surface area contributed by atoms with Crippen LogP contribution in [-0.2, 0) is 9.59 Å². The largest absolute Gasteiger partial charge is 0.351 e. The number of amides is 2. The summed E-state index contributed by atoms with van der Waals surface area (Å²) in [6, 6.07) is 5.84. The van der Waals surface area contributed by atoms with Crippen LogP contribution in [0, 0.1) is 13.8 Å². The van der Waals surface area contributed by atoms with Crippen molar-refractivity contribution in [3.05, 3.63) is 44.3 Å². The number of aliphatic imine (C=N–C) groups is 2. The van der Waals surface area contributed by atoms with E-state index in [1.165, 1.54) is 17.1 Å². The number of nitrogens with zero attached hydrogens (tertiary/aromatic N) is 3. The van der Waals surface area contributed by atoms with Crippen molar-refractivity contribution in [2.24, 2.45) is 15.7 Å². The highest BCUT2D eigenvalue weighted by Gasteiger charge is 2.23. The smallest absolute Gasteiger partial charge is 0.323 e. The summed E-state index contributed by atoms with van der Waals surface area (Å²) in [5.74, 6) is 0. The van der Waals surface area contributed by atoms with Crippen molar-refractivity contribution in [2.45, 2.75) is 13.8 Å². The lowest BCUT2D eigenvalue weighted by atomic mass is 10.1. The van der Waals surface area contributed by atoms with Gasteiger partial charge >= 0.3 is 6.03 Å². The van der Waals surface area contributed by atoms with Crippen molar-refractivity contribution in [1.82, 2.24) is 0 Å². The van der Waals surface area contributed by atoms with Crippen LogP contribution in [0.2, 0.25) is 0 Å². The monoisotopic (exact) mass is 478 g/mol. The molecular weight excluding hydrogens is 468 g/mol. The first-order valence-electron chi connectivity index (χ1n) is 7.15. The summed E-state index contributed by atoms with van der Waals surface area (Å²) >= 11 is 6.66. The van der Waals surface area contributed by atoms with Crippen LogP contribution in [0.25, 0.3) is 0 Å². The van der Waals surface area contributed by atoms with Gasteiger partial charge in [-0.05, 0) is 49.2 Å². The summed E-state index contributed by atoms with van der Waals surface area (Å²) in [6.45, 7) is 3.40. The van der Waals surface area contributed by atoms with Crippen molar-refractivity contribution in [3.63, 3.8) is 0 Å². The number of primary amides is 1. The van der Waals surface area contributed by atoms with Gasteiger partial charge in [-0.3, -0.25) is 4.90 Å². The molecule has 0 aromatic heterocycles. The van der Waals surface area contributed by atoms with E-state index in [9.17, 15) is 14.4 Å². The highest BCUT2D eigenvalue weighted by molar-refractivity contribution is 9.10. The van der Waals surface area contributed by atoms with E-state index in [2.05, 4.69) is 41.8 Å². The Morgan fingerprint density at radius 1 is 0.923 bits per heavy atom. The van der Waals surface area contributed by atoms with Gasteiger partial charge in [-0.1, -0.05) is 31.9 Å². The fourth-order valence-corrected chi connectivity index (χ4v) is 3.33. The Bertz CT molecular complexity index is 920. The fourth-order valence-electron chi connectivity index (χ4n) is 2.46. The van der Waals surface area contributed by atoms with E-state index in [1.807, 2.05) is 0 Å². The quantitative estimate of drug-likeness (QED) is 0.493. The van der Waals surface area contributed by atoms with Gasteiger partial charge in [0, 0.05) is 8.95 Å². The molecule has 2 rings (SSSR count). The molecule has 0 fully saturated rings. The van der Waals surface area contributed by atoms with Crippen molar-refractivity contribution in [1.29, 1.82) is 0 Å². The highest BCUT2D eigenvalue weighted by atomic mass is 79.9. The number of halogens is 2. The summed E-state index contributed by atoms with van der Waals surface area (Å²) in [5, 5.41) is 0. The van der Waals surface area contributed by atoms with Crippen molar-refractivity contribution < 1.29 is 14.4 Å². The van der Waals surface area contributed by atoms with Gasteiger partial charge in [0.2, 0.25) is 12.2 Å². The molecule has 0 aliphatic rings. The molecule has 0 saturated heterocycles. The zero-order valence-corrected chi connectivity index (χ0v) is 16.9. The zero-order valence-electron chi connectivity index (χ0n) is 13.7. The van der Waals surface area contributed by atoms with Crippen LogP contribution < -0.4 is 10.6 Å². The number of hydrogen-bond donors (Lipinski definition) is 1. The Hall–Kier alpha value is -2.57. The molecule has 9 heteroatoms. The first-order chi connectivity index (χ1) is 12.3. The standard InChI is InChI=1S/C17H12Br2N4O3/c1-9-13(21-7-24)3-11(18)5-15(9)23(17(20)26)16-6-12(19)4-14(10(16)2)22-8-25/h3-6H,1-2H3,(H2,20,26). The van der Waals surface area contributed by atoms with Gasteiger partial charge in [0.05, 0.1) is 22.7 Å². The van der Waals surface area contributed by atoms with E-state index >= 15 is 0 Å². The fraction of sp³-hybridized carbons (Fsp3) is 0.118. The van der Waals surface area contributed by atoms with Gasteiger partial charge in [0.1, 0.15) is 0 Å². The number of hydrogen-bond acceptors (Lipinski definition) is 5. The molecule has 2 aromatic carbocycles. The Kier molecular flexibility index (Phi) is 6.23. The predicted octanol–water partition coefficient (Wildman–Crippen LogP) is 4.98. The predicted molar refractivity (Wildman–Crippen MR) is 105 cm³/mol. The van der Waals surface area contributed by atoms with Crippen LogP contribution in [0.4, 0.5) is 27.5 Å². The third kappa shape index (κ3) is 3.98. The minimum absolute atomic E-state index is 0.342. The molecule has 2 amide bonds. The third-order valence-corrected chi connectivity index (χ3v) is 4.59. The van der Waals surface area contributed by atoms with Crippen molar-refractivity contribution in [3.8, 4) is 0 Å². The first kappa shape index (κ1) is 19.8. The Balaban J connectivity index is 2.83. The van der Waals surface area contributed by atoms with E-state index in [-0.39, 0.29) is 0 Å². The number of anilines is 2. The van der Waals surface area contributed by atoms with Crippen LogP contribution in [0.3, 0.4) is 0 Å². The Morgan fingerprint density at radius 3 is 1.62 bits per heavy atom. The summed E-state index contributed by atoms with van der Waals surface area (Å²) in [5.41, 5.74) is 8.25. The second-order valence-corrected chi connectivity index (χ2v) is 7.05. The van der Waals surface area contributed by atoms with E-state index in [4.69, 9.17) is 5.73 Å².